The molecule has 2 rings (SSSR count). The van der Waals surface area contributed by atoms with E-state index in [9.17, 15) is 18.5 Å². The van der Waals surface area contributed by atoms with Crippen molar-refractivity contribution in [2.24, 2.45) is 5.73 Å². The highest BCUT2D eigenvalue weighted by Crippen LogP contribution is 2.35. The van der Waals surface area contributed by atoms with Crippen LogP contribution in [0, 0.1) is 17.0 Å². The van der Waals surface area contributed by atoms with E-state index in [1.807, 2.05) is 0 Å². The second-order valence-corrected chi connectivity index (χ2v) is 7.12. The van der Waals surface area contributed by atoms with Crippen LogP contribution < -0.4 is 5.73 Å². The van der Waals surface area contributed by atoms with Gasteiger partial charge in [-0.2, -0.15) is 0 Å². The van der Waals surface area contributed by atoms with Crippen LogP contribution in [0.1, 0.15) is 16.8 Å². The Morgan fingerprint density at radius 1 is 1.30 bits per heavy atom. The summed E-state index contributed by atoms with van der Waals surface area (Å²) in [6, 6.07) is 7.53. The summed E-state index contributed by atoms with van der Waals surface area (Å²) in [5.74, 6) is 0.123. The molecule has 1 aromatic carbocycles. The first-order valence-corrected chi connectivity index (χ1v) is 8.39. The summed E-state index contributed by atoms with van der Waals surface area (Å²) < 4.78 is 25.5. The monoisotopic (exact) mass is 356 g/mol. The van der Waals surface area contributed by atoms with Crippen molar-refractivity contribution in [1.82, 2.24) is 9.97 Å². The van der Waals surface area contributed by atoms with E-state index >= 15 is 0 Å². The highest BCUT2D eigenvalue weighted by molar-refractivity contribution is 7.91. The maximum absolute atomic E-state index is 12.8. The Kier molecular flexibility index (Phi) is 4.93. The van der Waals surface area contributed by atoms with Gasteiger partial charge in [0.25, 0.3) is 0 Å². The van der Waals surface area contributed by atoms with Gasteiger partial charge < -0.3 is 5.73 Å². The smallest absolute Gasteiger partial charge is 0.329 e. The van der Waals surface area contributed by atoms with E-state index in [-0.39, 0.29) is 23.0 Å². The topological polar surface area (TPSA) is 129 Å². The fraction of sp³-hybridized carbons (Fsp3) is 0.231. The predicted octanol–water partition coefficient (Wildman–Crippen LogP) is 1.82. The normalized spacial score (nSPS) is 12.8. The molecule has 1 atom stereocenters. The molecule has 0 radical (unpaired) electrons. The first-order valence-electron chi connectivity index (χ1n) is 6.46. The maximum Gasteiger partial charge on any atom is 0.329 e. The van der Waals surface area contributed by atoms with E-state index in [1.165, 1.54) is 19.1 Å². The number of hydrogen-bond donors (Lipinski definition) is 1. The van der Waals surface area contributed by atoms with Crippen molar-refractivity contribution in [2.75, 3.05) is 6.54 Å². The molecule has 0 saturated carbocycles. The van der Waals surface area contributed by atoms with Crippen molar-refractivity contribution in [2.45, 2.75) is 17.1 Å². The molecule has 0 bridgehead atoms. The molecular formula is C13H13ClN4O4S. The number of hydrogen-bond acceptors (Lipinski definition) is 7. The molecule has 0 amide bonds. The Balaban J connectivity index is 2.70. The summed E-state index contributed by atoms with van der Waals surface area (Å²) in [5, 5.41) is 9.43. The van der Waals surface area contributed by atoms with Gasteiger partial charge in [-0.3, -0.25) is 10.1 Å². The number of aryl methyl sites for hydroxylation is 1. The average molecular weight is 357 g/mol. The lowest BCUT2D eigenvalue weighted by molar-refractivity contribution is -0.386. The van der Waals surface area contributed by atoms with Gasteiger partial charge in [-0.15, -0.1) is 0 Å². The van der Waals surface area contributed by atoms with Crippen LogP contribution in [0.2, 0.25) is 5.15 Å². The number of nitrogens with zero attached hydrogens (tertiary/aromatic N) is 3. The number of rotatable bonds is 5. The lowest BCUT2D eigenvalue weighted by atomic mass is 10.2. The molecule has 0 fully saturated rings. The number of sulfone groups is 1. The van der Waals surface area contributed by atoms with Crippen LogP contribution in [0.15, 0.2) is 35.2 Å². The zero-order chi connectivity index (χ0) is 17.2. The molecule has 1 heterocycles. The van der Waals surface area contributed by atoms with Crippen LogP contribution >= 0.6 is 11.6 Å². The van der Waals surface area contributed by atoms with Crippen molar-refractivity contribution in [3.63, 3.8) is 0 Å². The average Bonchev–Trinajstić information content (AvgIpc) is 2.47. The minimum Gasteiger partial charge on any atom is -0.329 e. The number of benzene rings is 1. The highest BCUT2D eigenvalue weighted by atomic mass is 35.5. The molecule has 0 aliphatic carbocycles. The van der Waals surface area contributed by atoms with Gasteiger partial charge in [-0.05, 0) is 19.1 Å². The van der Waals surface area contributed by atoms with Crippen molar-refractivity contribution >= 4 is 27.1 Å². The van der Waals surface area contributed by atoms with E-state index in [1.54, 1.807) is 18.2 Å². The minimum atomic E-state index is -3.97. The van der Waals surface area contributed by atoms with Crippen LogP contribution in [0.3, 0.4) is 0 Å². The molecule has 0 aliphatic heterocycles. The summed E-state index contributed by atoms with van der Waals surface area (Å²) in [5.41, 5.74) is 4.64. The van der Waals surface area contributed by atoms with Gasteiger partial charge in [0.05, 0.1) is 9.82 Å². The third-order valence-electron chi connectivity index (χ3n) is 3.13. The Bertz CT molecular complexity index is 843. The molecular weight excluding hydrogens is 344 g/mol. The third-order valence-corrected chi connectivity index (χ3v) is 5.49. The fourth-order valence-electron chi connectivity index (χ4n) is 2.11. The number of halogens is 1. The van der Waals surface area contributed by atoms with Crippen molar-refractivity contribution in [3.05, 3.63) is 57.1 Å². The fourth-order valence-corrected chi connectivity index (χ4v) is 3.97. The lowest BCUT2D eigenvalue weighted by Crippen LogP contribution is -2.25. The summed E-state index contributed by atoms with van der Waals surface area (Å²) in [6.45, 7) is 1.08. The molecule has 122 valence electrons. The Morgan fingerprint density at radius 2 is 1.91 bits per heavy atom. The van der Waals surface area contributed by atoms with Crippen LogP contribution in [0.25, 0.3) is 0 Å². The Hall–Kier alpha value is -2.10. The molecule has 2 N–H and O–H groups in total. The molecule has 0 spiro atoms. The predicted molar refractivity (Wildman–Crippen MR) is 83.9 cm³/mol. The summed E-state index contributed by atoms with van der Waals surface area (Å²) in [4.78, 5) is 18.1. The summed E-state index contributed by atoms with van der Waals surface area (Å²) in [7, 11) is -3.97. The van der Waals surface area contributed by atoms with Gasteiger partial charge in [0.2, 0.25) is 5.15 Å². The van der Waals surface area contributed by atoms with Crippen LogP contribution in [-0.4, -0.2) is 29.9 Å². The summed E-state index contributed by atoms with van der Waals surface area (Å²) >= 11 is 5.80. The highest BCUT2D eigenvalue weighted by Gasteiger charge is 2.37. The van der Waals surface area contributed by atoms with Crippen molar-refractivity contribution in [1.29, 1.82) is 0 Å². The van der Waals surface area contributed by atoms with Crippen molar-refractivity contribution < 1.29 is 13.3 Å². The molecule has 1 unspecified atom stereocenters. The zero-order valence-corrected chi connectivity index (χ0v) is 13.6. The van der Waals surface area contributed by atoms with E-state index in [2.05, 4.69) is 9.97 Å². The SMILES string of the molecule is Cc1nc(Cl)c([N+](=O)[O-])c(C(CN)S(=O)(=O)c2ccccc2)n1. The molecule has 2 aromatic rings. The first-order chi connectivity index (χ1) is 10.8. The Morgan fingerprint density at radius 3 is 2.43 bits per heavy atom. The molecule has 10 heteroatoms. The van der Waals surface area contributed by atoms with Crippen LogP contribution in [-0.2, 0) is 9.84 Å². The van der Waals surface area contributed by atoms with E-state index < -0.39 is 30.9 Å². The van der Waals surface area contributed by atoms with Crippen LogP contribution in [0.5, 0.6) is 0 Å². The van der Waals surface area contributed by atoms with Gasteiger partial charge in [-0.25, -0.2) is 18.4 Å². The van der Waals surface area contributed by atoms with E-state index in [4.69, 9.17) is 17.3 Å². The second-order valence-electron chi connectivity index (χ2n) is 4.63. The van der Waals surface area contributed by atoms with Crippen molar-refractivity contribution in [3.8, 4) is 0 Å². The molecule has 0 saturated heterocycles. The quantitative estimate of drug-likeness (QED) is 0.491. The second kappa shape index (κ2) is 6.57. The van der Waals surface area contributed by atoms with Gasteiger partial charge in [0, 0.05) is 6.54 Å². The van der Waals surface area contributed by atoms with Crippen LogP contribution in [0.4, 0.5) is 5.69 Å². The first kappa shape index (κ1) is 17.3. The zero-order valence-electron chi connectivity index (χ0n) is 12.0. The van der Waals surface area contributed by atoms with Gasteiger partial charge in [0.1, 0.15) is 16.8 Å². The lowest BCUT2D eigenvalue weighted by Gasteiger charge is -2.16. The van der Waals surface area contributed by atoms with Gasteiger partial charge >= 0.3 is 5.69 Å². The van der Waals surface area contributed by atoms with E-state index in [0.717, 1.165) is 0 Å². The van der Waals surface area contributed by atoms with Gasteiger partial charge in [-0.1, -0.05) is 29.8 Å². The van der Waals surface area contributed by atoms with Gasteiger partial charge in [0.15, 0.2) is 9.84 Å². The molecule has 0 aliphatic rings. The third kappa shape index (κ3) is 3.31. The number of nitrogens with two attached hydrogens (primary N) is 1. The molecule has 8 nitrogen and oxygen atoms in total. The minimum absolute atomic E-state index is 0.00265. The largest absolute Gasteiger partial charge is 0.329 e. The summed E-state index contributed by atoms with van der Waals surface area (Å²) in [6.07, 6.45) is 0. The maximum atomic E-state index is 12.8. The number of aromatic nitrogens is 2. The molecule has 23 heavy (non-hydrogen) atoms. The molecule has 1 aromatic heterocycles. The standard InChI is InChI=1S/C13H13ClN4O4S/c1-8-16-11(12(18(19)20)13(14)17-8)10(7-15)23(21,22)9-5-3-2-4-6-9/h2-6,10H,7,15H2,1H3. The number of nitro groups is 1. The van der Waals surface area contributed by atoms with E-state index in [0.29, 0.717) is 0 Å². The Labute approximate surface area is 137 Å².